The van der Waals surface area contributed by atoms with E-state index >= 15 is 0 Å². The van der Waals surface area contributed by atoms with E-state index in [9.17, 15) is 4.79 Å². The van der Waals surface area contributed by atoms with Gasteiger partial charge in [-0.3, -0.25) is 9.78 Å². The summed E-state index contributed by atoms with van der Waals surface area (Å²) in [7, 11) is 0. The minimum atomic E-state index is -0.498. The van der Waals surface area contributed by atoms with Crippen LogP contribution in [0.25, 0.3) is 11.4 Å². The zero-order valence-corrected chi connectivity index (χ0v) is 13.7. The second-order valence-corrected chi connectivity index (χ2v) is 5.99. The number of morpholine rings is 1. The van der Waals surface area contributed by atoms with Crippen LogP contribution in [0, 0.1) is 5.92 Å². The Morgan fingerprint density at radius 2 is 2.17 bits per heavy atom. The molecule has 2 unspecified atom stereocenters. The van der Waals surface area contributed by atoms with E-state index in [2.05, 4.69) is 25.8 Å². The number of hydrogen-bond donors (Lipinski definition) is 2. The average molecular weight is 331 g/mol. The van der Waals surface area contributed by atoms with Gasteiger partial charge in [0.25, 0.3) is 5.91 Å². The highest BCUT2D eigenvalue weighted by Crippen LogP contribution is 2.23. The molecule has 0 aromatic carbocycles. The van der Waals surface area contributed by atoms with Crippen molar-refractivity contribution in [3.8, 4) is 11.4 Å². The van der Waals surface area contributed by atoms with Crippen LogP contribution in [0.1, 0.15) is 25.8 Å². The quantitative estimate of drug-likeness (QED) is 0.840. The summed E-state index contributed by atoms with van der Waals surface area (Å²) in [5, 5.41) is 10.1. The molecule has 8 nitrogen and oxygen atoms in total. The summed E-state index contributed by atoms with van der Waals surface area (Å²) in [5.41, 5.74) is 0.814. The largest absolute Gasteiger partial charge is 0.366 e. The van der Waals surface area contributed by atoms with Crippen LogP contribution in [0.15, 0.2) is 29.0 Å². The van der Waals surface area contributed by atoms with Gasteiger partial charge in [-0.15, -0.1) is 0 Å². The van der Waals surface area contributed by atoms with Gasteiger partial charge in [-0.05, 0) is 18.1 Å². The lowest BCUT2D eigenvalue weighted by Gasteiger charge is -2.26. The Labute approximate surface area is 140 Å². The Kier molecular flexibility index (Phi) is 5.17. The lowest BCUT2D eigenvalue weighted by atomic mass is 10.0. The predicted octanol–water partition coefficient (Wildman–Crippen LogP) is 0.933. The molecule has 0 saturated carbocycles. The highest BCUT2D eigenvalue weighted by Gasteiger charge is 2.29. The van der Waals surface area contributed by atoms with Gasteiger partial charge >= 0.3 is 0 Å². The van der Waals surface area contributed by atoms with Crippen LogP contribution in [0.3, 0.4) is 0 Å². The van der Waals surface area contributed by atoms with E-state index < -0.39 is 6.10 Å². The number of carbonyl (C=O) groups is 1. The van der Waals surface area contributed by atoms with Crippen LogP contribution in [0.5, 0.6) is 0 Å². The van der Waals surface area contributed by atoms with Gasteiger partial charge in [0.1, 0.15) is 12.1 Å². The van der Waals surface area contributed by atoms with Gasteiger partial charge in [-0.2, -0.15) is 4.98 Å². The molecule has 1 saturated heterocycles. The minimum absolute atomic E-state index is 0.0937. The summed E-state index contributed by atoms with van der Waals surface area (Å²) >= 11 is 0. The van der Waals surface area contributed by atoms with Crippen molar-refractivity contribution in [3.63, 3.8) is 0 Å². The zero-order valence-electron chi connectivity index (χ0n) is 13.7. The van der Waals surface area contributed by atoms with E-state index in [0.717, 1.165) is 12.1 Å². The number of carbonyl (C=O) groups excluding carboxylic acids is 1. The van der Waals surface area contributed by atoms with Gasteiger partial charge in [-0.25, -0.2) is 0 Å². The van der Waals surface area contributed by atoms with Gasteiger partial charge in [0.2, 0.25) is 11.7 Å². The smallest absolute Gasteiger partial charge is 0.251 e. The molecule has 1 fully saturated rings. The molecule has 3 heterocycles. The Morgan fingerprint density at radius 3 is 2.83 bits per heavy atom. The van der Waals surface area contributed by atoms with Gasteiger partial charge in [0.15, 0.2) is 0 Å². The number of rotatable bonds is 5. The van der Waals surface area contributed by atoms with E-state index in [0.29, 0.717) is 24.9 Å². The number of aromatic nitrogens is 3. The van der Waals surface area contributed by atoms with E-state index in [1.54, 1.807) is 24.5 Å². The Bertz CT molecular complexity index is 667. The second-order valence-electron chi connectivity index (χ2n) is 5.99. The fourth-order valence-corrected chi connectivity index (χ4v) is 2.47. The first-order valence-electron chi connectivity index (χ1n) is 8.02. The molecule has 1 aliphatic heterocycles. The summed E-state index contributed by atoms with van der Waals surface area (Å²) in [5.74, 6) is 0.776. The van der Waals surface area contributed by atoms with Crippen LogP contribution in [-0.4, -0.2) is 46.8 Å². The van der Waals surface area contributed by atoms with Gasteiger partial charge in [-0.1, -0.05) is 19.0 Å². The topological polar surface area (TPSA) is 102 Å². The van der Waals surface area contributed by atoms with Crippen molar-refractivity contribution >= 4 is 5.91 Å². The highest BCUT2D eigenvalue weighted by atomic mass is 16.5. The molecule has 0 spiro atoms. The zero-order chi connectivity index (χ0) is 16.9. The molecular formula is C16H21N5O3. The van der Waals surface area contributed by atoms with Crippen LogP contribution in [0.4, 0.5) is 0 Å². The van der Waals surface area contributed by atoms with Crippen molar-refractivity contribution < 1.29 is 14.1 Å². The lowest BCUT2D eigenvalue weighted by Crippen LogP contribution is -2.49. The normalized spacial score (nSPS) is 19.2. The first-order valence-corrected chi connectivity index (χ1v) is 8.02. The summed E-state index contributed by atoms with van der Waals surface area (Å²) in [6.45, 7) is 5.76. The van der Waals surface area contributed by atoms with E-state index in [-0.39, 0.29) is 17.9 Å². The predicted molar refractivity (Wildman–Crippen MR) is 85.9 cm³/mol. The van der Waals surface area contributed by atoms with Crippen molar-refractivity contribution in [3.05, 3.63) is 30.4 Å². The van der Waals surface area contributed by atoms with Crippen LogP contribution < -0.4 is 10.6 Å². The third-order valence-corrected chi connectivity index (χ3v) is 3.83. The molecule has 2 atom stereocenters. The van der Waals surface area contributed by atoms with Crippen LogP contribution >= 0.6 is 0 Å². The fourth-order valence-electron chi connectivity index (χ4n) is 2.47. The monoisotopic (exact) mass is 331 g/mol. The summed E-state index contributed by atoms with van der Waals surface area (Å²) in [6.07, 6.45) is 2.84. The summed E-state index contributed by atoms with van der Waals surface area (Å²) in [6, 6.07) is 3.24. The van der Waals surface area contributed by atoms with Crippen molar-refractivity contribution in [1.29, 1.82) is 0 Å². The lowest BCUT2D eigenvalue weighted by molar-refractivity contribution is -0.135. The van der Waals surface area contributed by atoms with Gasteiger partial charge < -0.3 is 19.9 Å². The SMILES string of the molecule is CC(C)C(NC(=O)C1CNCCO1)c1nc(-c2ccncc2)no1. The molecule has 0 radical (unpaired) electrons. The molecule has 2 aromatic heterocycles. The maximum atomic E-state index is 12.4. The number of pyridine rings is 1. The van der Waals surface area contributed by atoms with Crippen LogP contribution in [-0.2, 0) is 9.53 Å². The summed E-state index contributed by atoms with van der Waals surface area (Å²) < 4.78 is 10.9. The first kappa shape index (κ1) is 16.5. The minimum Gasteiger partial charge on any atom is -0.366 e. The molecule has 3 rings (SSSR count). The fraction of sp³-hybridized carbons (Fsp3) is 0.500. The molecular weight excluding hydrogens is 310 g/mol. The van der Waals surface area contributed by atoms with Crippen molar-refractivity contribution in [2.45, 2.75) is 26.0 Å². The Balaban J connectivity index is 1.74. The molecule has 0 bridgehead atoms. The maximum Gasteiger partial charge on any atom is 0.251 e. The number of amides is 1. The molecule has 0 aliphatic carbocycles. The number of hydrogen-bond acceptors (Lipinski definition) is 7. The van der Waals surface area contributed by atoms with Crippen molar-refractivity contribution in [2.24, 2.45) is 5.92 Å². The molecule has 2 aromatic rings. The van der Waals surface area contributed by atoms with Gasteiger partial charge in [0, 0.05) is 31.0 Å². The standard InChI is InChI=1S/C16H21N5O3/c1-10(2)13(19-15(22)12-9-18-7-8-23-12)16-20-14(21-24-16)11-3-5-17-6-4-11/h3-6,10,12-13,18H,7-9H2,1-2H3,(H,19,22). The maximum absolute atomic E-state index is 12.4. The molecule has 24 heavy (non-hydrogen) atoms. The van der Waals surface area contributed by atoms with Crippen molar-refractivity contribution in [2.75, 3.05) is 19.7 Å². The molecule has 8 heteroatoms. The Morgan fingerprint density at radius 1 is 1.38 bits per heavy atom. The third kappa shape index (κ3) is 3.77. The van der Waals surface area contributed by atoms with Crippen LogP contribution in [0.2, 0.25) is 0 Å². The molecule has 128 valence electrons. The van der Waals surface area contributed by atoms with Crippen molar-refractivity contribution in [1.82, 2.24) is 25.8 Å². The third-order valence-electron chi connectivity index (χ3n) is 3.83. The summed E-state index contributed by atoms with van der Waals surface area (Å²) in [4.78, 5) is 20.8. The Hall–Kier alpha value is -2.32. The highest BCUT2D eigenvalue weighted by molar-refractivity contribution is 5.81. The van der Waals surface area contributed by atoms with E-state index in [4.69, 9.17) is 9.26 Å². The molecule has 1 aliphatic rings. The van der Waals surface area contributed by atoms with E-state index in [1.165, 1.54) is 0 Å². The number of ether oxygens (including phenoxy) is 1. The second kappa shape index (κ2) is 7.50. The van der Waals surface area contributed by atoms with E-state index in [1.807, 2.05) is 13.8 Å². The number of nitrogens with zero attached hydrogens (tertiary/aromatic N) is 3. The molecule has 1 amide bonds. The molecule has 2 N–H and O–H groups in total. The number of nitrogens with one attached hydrogen (secondary N) is 2. The first-order chi connectivity index (χ1) is 11.6. The van der Waals surface area contributed by atoms with Gasteiger partial charge in [0.05, 0.1) is 6.61 Å². The average Bonchev–Trinajstić information content (AvgIpc) is 3.10.